The summed E-state index contributed by atoms with van der Waals surface area (Å²) < 4.78 is 17.7. The molecule has 0 N–H and O–H groups in total. The molecule has 1 amide bonds. The first-order valence-corrected chi connectivity index (χ1v) is 11.4. The summed E-state index contributed by atoms with van der Waals surface area (Å²) >= 11 is 0. The Labute approximate surface area is 187 Å². The zero-order valence-corrected chi connectivity index (χ0v) is 18.8. The predicted octanol–water partition coefficient (Wildman–Crippen LogP) is 5.33. The zero-order chi connectivity index (χ0) is 22.7. The maximum atomic E-state index is 13.5. The van der Waals surface area contributed by atoms with Gasteiger partial charge in [-0.2, -0.15) is 0 Å². The van der Waals surface area contributed by atoms with Gasteiger partial charge in [0.25, 0.3) is 5.91 Å². The quantitative estimate of drug-likeness (QED) is 0.425. The highest BCUT2D eigenvalue weighted by Crippen LogP contribution is 2.41. The molecular weight excluding hydrogens is 406 g/mol. The van der Waals surface area contributed by atoms with Gasteiger partial charge in [0.2, 0.25) is 5.76 Å². The van der Waals surface area contributed by atoms with Crippen LogP contribution in [0.15, 0.2) is 51.7 Å². The molecule has 4 rings (SSSR count). The van der Waals surface area contributed by atoms with Crippen molar-refractivity contribution in [2.45, 2.75) is 46.1 Å². The number of hydrogen-bond donors (Lipinski definition) is 0. The number of benzene rings is 2. The van der Waals surface area contributed by atoms with Crippen LogP contribution in [-0.4, -0.2) is 30.6 Å². The van der Waals surface area contributed by atoms with Crippen LogP contribution < -0.4 is 14.9 Å². The van der Waals surface area contributed by atoms with Crippen molar-refractivity contribution in [1.29, 1.82) is 0 Å². The van der Waals surface area contributed by atoms with E-state index in [4.69, 9.17) is 13.9 Å². The molecule has 168 valence electrons. The molecule has 0 spiro atoms. The second kappa shape index (κ2) is 9.47. The highest BCUT2D eigenvalue weighted by molar-refractivity contribution is 5.99. The molecule has 1 aliphatic rings. The van der Waals surface area contributed by atoms with Gasteiger partial charge in [0.05, 0.1) is 30.2 Å². The van der Waals surface area contributed by atoms with Crippen LogP contribution in [-0.2, 0) is 0 Å². The number of nitrogens with zero attached hydrogens (tertiary/aromatic N) is 1. The van der Waals surface area contributed by atoms with Gasteiger partial charge >= 0.3 is 0 Å². The van der Waals surface area contributed by atoms with Crippen LogP contribution in [0, 0.1) is 0 Å². The first-order valence-electron chi connectivity index (χ1n) is 11.4. The third-order valence-electron chi connectivity index (χ3n) is 5.68. The van der Waals surface area contributed by atoms with Gasteiger partial charge < -0.3 is 18.8 Å². The number of ether oxygens (including phenoxy) is 2. The molecule has 1 atom stereocenters. The maximum absolute atomic E-state index is 13.5. The van der Waals surface area contributed by atoms with Gasteiger partial charge in [0.15, 0.2) is 16.9 Å². The Hall–Kier alpha value is -3.28. The minimum absolute atomic E-state index is 0.133. The Kier molecular flexibility index (Phi) is 6.49. The van der Waals surface area contributed by atoms with E-state index in [1.165, 1.54) is 0 Å². The van der Waals surface area contributed by atoms with Crippen molar-refractivity contribution in [2.24, 2.45) is 0 Å². The minimum atomic E-state index is -0.526. The summed E-state index contributed by atoms with van der Waals surface area (Å²) in [5.41, 5.74) is 1.46. The van der Waals surface area contributed by atoms with Crippen molar-refractivity contribution in [3.8, 4) is 11.5 Å². The number of carbonyl (C=O) groups excluding carboxylic acids is 1. The molecule has 0 unspecified atom stereocenters. The average Bonchev–Trinajstić information content (AvgIpc) is 3.07. The van der Waals surface area contributed by atoms with E-state index in [1.54, 1.807) is 29.2 Å². The van der Waals surface area contributed by atoms with Crippen LogP contribution in [0.2, 0.25) is 0 Å². The summed E-state index contributed by atoms with van der Waals surface area (Å²) in [7, 11) is 0. The van der Waals surface area contributed by atoms with E-state index >= 15 is 0 Å². The van der Waals surface area contributed by atoms with Gasteiger partial charge in [-0.25, -0.2) is 0 Å². The molecule has 32 heavy (non-hydrogen) atoms. The predicted molar refractivity (Wildman–Crippen MR) is 124 cm³/mol. The number of amides is 1. The molecule has 6 nitrogen and oxygen atoms in total. The summed E-state index contributed by atoms with van der Waals surface area (Å²) in [5.74, 6) is 1.16. The zero-order valence-electron chi connectivity index (χ0n) is 18.8. The van der Waals surface area contributed by atoms with E-state index < -0.39 is 6.04 Å². The highest BCUT2D eigenvalue weighted by Gasteiger charge is 2.42. The number of para-hydroxylation sites is 1. The fourth-order valence-corrected chi connectivity index (χ4v) is 4.19. The van der Waals surface area contributed by atoms with Gasteiger partial charge in [-0.1, -0.05) is 38.5 Å². The molecule has 3 aromatic rings. The van der Waals surface area contributed by atoms with Crippen LogP contribution in [0.5, 0.6) is 11.5 Å². The number of unbranched alkanes of at least 4 members (excludes halogenated alkanes) is 1. The van der Waals surface area contributed by atoms with Crippen molar-refractivity contribution >= 4 is 16.9 Å². The van der Waals surface area contributed by atoms with Gasteiger partial charge in [0.1, 0.15) is 5.58 Å². The largest absolute Gasteiger partial charge is 0.490 e. The third-order valence-corrected chi connectivity index (χ3v) is 5.68. The molecule has 6 heteroatoms. The van der Waals surface area contributed by atoms with E-state index in [1.807, 2.05) is 32.0 Å². The van der Waals surface area contributed by atoms with Gasteiger partial charge in [-0.3, -0.25) is 9.59 Å². The molecule has 0 saturated heterocycles. The third kappa shape index (κ3) is 3.85. The van der Waals surface area contributed by atoms with Crippen LogP contribution in [0.4, 0.5) is 0 Å². The molecule has 1 aromatic heterocycles. The molecule has 0 bridgehead atoms. The van der Waals surface area contributed by atoms with Crippen LogP contribution in [0.3, 0.4) is 0 Å². The molecule has 1 aliphatic heterocycles. The summed E-state index contributed by atoms with van der Waals surface area (Å²) in [6.07, 6.45) is 2.76. The maximum Gasteiger partial charge on any atom is 0.290 e. The van der Waals surface area contributed by atoms with E-state index in [0.29, 0.717) is 47.8 Å². The Morgan fingerprint density at radius 3 is 2.53 bits per heavy atom. The topological polar surface area (TPSA) is 69.0 Å². The molecular formula is C26H29NO5. The monoisotopic (exact) mass is 435 g/mol. The highest BCUT2D eigenvalue weighted by atomic mass is 16.5. The first kappa shape index (κ1) is 21.9. The lowest BCUT2D eigenvalue weighted by molar-refractivity contribution is 0.0728. The average molecular weight is 436 g/mol. The normalized spacial score (nSPS) is 15.3. The number of carbonyl (C=O) groups is 1. The summed E-state index contributed by atoms with van der Waals surface area (Å²) in [4.78, 5) is 28.4. The van der Waals surface area contributed by atoms with Crippen molar-refractivity contribution in [3.05, 3.63) is 69.6 Å². The molecule has 2 heterocycles. The van der Waals surface area contributed by atoms with E-state index in [2.05, 4.69) is 6.92 Å². The number of fused-ring (bicyclic) bond motifs is 2. The lowest BCUT2D eigenvalue weighted by atomic mass is 9.98. The Balaban J connectivity index is 1.85. The summed E-state index contributed by atoms with van der Waals surface area (Å²) in [5, 5.41) is 0.479. The Morgan fingerprint density at radius 2 is 1.78 bits per heavy atom. The second-order valence-electron chi connectivity index (χ2n) is 7.91. The van der Waals surface area contributed by atoms with Crippen LogP contribution in [0.25, 0.3) is 11.0 Å². The smallest absolute Gasteiger partial charge is 0.290 e. The van der Waals surface area contributed by atoms with Gasteiger partial charge in [-0.15, -0.1) is 0 Å². The van der Waals surface area contributed by atoms with E-state index in [9.17, 15) is 9.59 Å². The van der Waals surface area contributed by atoms with Crippen molar-refractivity contribution in [2.75, 3.05) is 19.8 Å². The van der Waals surface area contributed by atoms with Crippen molar-refractivity contribution in [3.63, 3.8) is 0 Å². The van der Waals surface area contributed by atoms with E-state index in [0.717, 1.165) is 24.8 Å². The lowest BCUT2D eigenvalue weighted by Gasteiger charge is -2.25. The van der Waals surface area contributed by atoms with E-state index in [-0.39, 0.29) is 17.1 Å². The number of hydrogen-bond acceptors (Lipinski definition) is 5. The standard InChI is InChI=1S/C26H29NO5/c1-4-7-15-31-20-13-12-17(16-21(20)30-6-3)23-22-24(28)18-10-8-9-11-19(18)32-25(22)26(29)27(23)14-5-2/h8-13,16,23H,4-7,14-15H2,1-3H3/t23-/m1/s1. The van der Waals surface area contributed by atoms with Crippen LogP contribution in [0.1, 0.15) is 67.8 Å². The van der Waals surface area contributed by atoms with Gasteiger partial charge in [-0.05, 0) is 49.6 Å². The van der Waals surface area contributed by atoms with Crippen molar-refractivity contribution < 1.29 is 18.7 Å². The van der Waals surface area contributed by atoms with Crippen LogP contribution >= 0.6 is 0 Å². The Morgan fingerprint density at radius 1 is 0.969 bits per heavy atom. The van der Waals surface area contributed by atoms with Crippen molar-refractivity contribution in [1.82, 2.24) is 4.90 Å². The van der Waals surface area contributed by atoms with Gasteiger partial charge in [0, 0.05) is 6.54 Å². The fourth-order valence-electron chi connectivity index (χ4n) is 4.19. The first-order chi connectivity index (χ1) is 15.6. The number of rotatable bonds is 9. The second-order valence-corrected chi connectivity index (χ2v) is 7.91. The fraction of sp³-hybridized carbons (Fsp3) is 0.385. The molecule has 0 radical (unpaired) electrons. The summed E-state index contributed by atoms with van der Waals surface area (Å²) in [6.45, 7) is 7.65. The molecule has 0 saturated carbocycles. The summed E-state index contributed by atoms with van der Waals surface area (Å²) in [6, 6.07) is 12.2. The molecule has 0 aliphatic carbocycles. The molecule has 0 fully saturated rings. The SMILES string of the molecule is CCCCOc1ccc([C@@H]2c3c(oc4ccccc4c3=O)C(=O)N2CCC)cc1OCC. The Bertz CT molecular complexity index is 1180. The molecule has 2 aromatic carbocycles. The minimum Gasteiger partial charge on any atom is -0.490 e. The lowest BCUT2D eigenvalue weighted by Crippen LogP contribution is -2.30.